The highest BCUT2D eigenvalue weighted by atomic mass is 19.1. The maximum Gasteiger partial charge on any atom is 0.339 e. The average molecular weight is 601 g/mol. The van der Waals surface area contributed by atoms with Gasteiger partial charge in [-0.2, -0.15) is 5.10 Å². The molecule has 0 bridgehead atoms. The average Bonchev–Trinajstić information content (AvgIpc) is 3.70. The molecule has 3 fully saturated rings. The van der Waals surface area contributed by atoms with E-state index < -0.39 is 0 Å². The second-order valence-corrected chi connectivity index (χ2v) is 13.1. The number of hydrogen-bond acceptors (Lipinski definition) is 5. The molecule has 8 nitrogen and oxygen atoms in total. The van der Waals surface area contributed by atoms with Crippen LogP contribution in [0, 0.1) is 24.6 Å². The minimum absolute atomic E-state index is 0.0104. The molecule has 0 spiro atoms. The number of benzene rings is 1. The van der Waals surface area contributed by atoms with Gasteiger partial charge in [0.25, 0.3) is 0 Å². The Morgan fingerprint density at radius 3 is 2.48 bits per heavy atom. The molecule has 0 unspecified atom stereocenters. The van der Waals surface area contributed by atoms with Crippen LogP contribution in [0.15, 0.2) is 36.5 Å². The van der Waals surface area contributed by atoms with Gasteiger partial charge >= 0.3 is 5.97 Å². The maximum absolute atomic E-state index is 15.2. The first-order valence-corrected chi connectivity index (χ1v) is 16.3. The Hall–Kier alpha value is -3.72. The van der Waals surface area contributed by atoms with Gasteiger partial charge in [-0.15, -0.1) is 0 Å². The van der Waals surface area contributed by atoms with E-state index in [1.165, 1.54) is 12.8 Å². The first-order valence-electron chi connectivity index (χ1n) is 16.3. The Morgan fingerprint density at radius 2 is 1.77 bits per heavy atom. The summed E-state index contributed by atoms with van der Waals surface area (Å²) in [4.78, 5) is 27.6. The van der Waals surface area contributed by atoms with Gasteiger partial charge < -0.3 is 19.3 Å². The molecule has 3 aliphatic rings. The van der Waals surface area contributed by atoms with Gasteiger partial charge in [0.05, 0.1) is 35.0 Å². The minimum atomic E-state index is -0.377. The summed E-state index contributed by atoms with van der Waals surface area (Å²) in [6.07, 6.45) is 8.32. The Kier molecular flexibility index (Phi) is 7.69. The lowest BCUT2D eigenvalue weighted by Gasteiger charge is -2.36. The van der Waals surface area contributed by atoms with Crippen molar-refractivity contribution in [2.75, 3.05) is 19.7 Å². The van der Waals surface area contributed by atoms with Crippen LogP contribution >= 0.6 is 0 Å². The molecule has 1 saturated heterocycles. The van der Waals surface area contributed by atoms with Gasteiger partial charge in [-0.05, 0) is 113 Å². The van der Waals surface area contributed by atoms with E-state index in [0.29, 0.717) is 44.0 Å². The molecule has 2 saturated carbocycles. The number of aryl methyl sites for hydroxylation is 1. The molecule has 2 aliphatic carbocycles. The molecule has 7 rings (SSSR count). The smallest absolute Gasteiger partial charge is 0.339 e. The first-order chi connectivity index (χ1) is 21.3. The lowest BCUT2D eigenvalue weighted by atomic mass is 9.84. The highest BCUT2D eigenvalue weighted by Gasteiger charge is 2.33. The number of carbonyl (C=O) groups is 2. The summed E-state index contributed by atoms with van der Waals surface area (Å²) in [5.74, 6) is 0.345. The van der Waals surface area contributed by atoms with Gasteiger partial charge in [0, 0.05) is 42.7 Å². The van der Waals surface area contributed by atoms with Crippen LogP contribution in [0.2, 0.25) is 0 Å². The number of fused-ring (bicyclic) bond motifs is 2. The van der Waals surface area contributed by atoms with Gasteiger partial charge in [0.15, 0.2) is 0 Å². The van der Waals surface area contributed by atoms with E-state index >= 15 is 4.39 Å². The van der Waals surface area contributed by atoms with Crippen LogP contribution in [0.25, 0.3) is 27.8 Å². The maximum atomic E-state index is 15.2. The molecule has 1 N–H and O–H groups in total. The topological polar surface area (TPSA) is 89.1 Å². The number of rotatable bonds is 7. The molecule has 3 aromatic heterocycles. The van der Waals surface area contributed by atoms with Gasteiger partial charge in [0.1, 0.15) is 11.5 Å². The number of aliphatic hydroxyl groups is 1. The zero-order valence-electron chi connectivity index (χ0n) is 25.6. The lowest BCUT2D eigenvalue weighted by Crippen LogP contribution is -2.42. The van der Waals surface area contributed by atoms with Crippen LogP contribution in [0.1, 0.15) is 85.7 Å². The summed E-state index contributed by atoms with van der Waals surface area (Å²) in [7, 11) is 0. The Labute approximate surface area is 256 Å². The number of hydrogen-bond donors (Lipinski definition) is 1. The van der Waals surface area contributed by atoms with Crippen LogP contribution in [-0.4, -0.2) is 61.9 Å². The fraction of sp³-hybridized carbons (Fsp3) is 0.514. The highest BCUT2D eigenvalue weighted by Crippen LogP contribution is 2.42. The SMILES string of the molecule is CCOC(=O)c1ccc2c(C)c(-c3cc4cc(F)cc(C5CCN(C(=O)[C@H]6CC[C@H](O)CC6)CC5)c4n3CC3CC3)nn2c1. The van der Waals surface area contributed by atoms with Crippen molar-refractivity contribution >= 4 is 28.3 Å². The van der Waals surface area contributed by atoms with Gasteiger partial charge in [-0.3, -0.25) is 4.79 Å². The van der Waals surface area contributed by atoms with Crippen molar-refractivity contribution in [1.29, 1.82) is 0 Å². The molecule has 44 heavy (non-hydrogen) atoms. The molecule has 4 heterocycles. The fourth-order valence-corrected chi connectivity index (χ4v) is 7.41. The first kappa shape index (κ1) is 29.0. The Balaban J connectivity index is 1.23. The largest absolute Gasteiger partial charge is 0.462 e. The molecule has 1 aliphatic heterocycles. The van der Waals surface area contributed by atoms with Crippen molar-refractivity contribution in [1.82, 2.24) is 19.1 Å². The van der Waals surface area contributed by atoms with Crippen molar-refractivity contribution < 1.29 is 23.8 Å². The van der Waals surface area contributed by atoms with Gasteiger partial charge in [0.2, 0.25) is 5.91 Å². The van der Waals surface area contributed by atoms with E-state index in [-0.39, 0.29) is 35.6 Å². The second-order valence-electron chi connectivity index (χ2n) is 13.1. The molecule has 9 heteroatoms. The molecule has 1 aromatic carbocycles. The van der Waals surface area contributed by atoms with E-state index in [1.54, 1.807) is 35.8 Å². The van der Waals surface area contributed by atoms with Crippen LogP contribution in [0.4, 0.5) is 4.39 Å². The number of esters is 1. The van der Waals surface area contributed by atoms with Gasteiger partial charge in [-0.1, -0.05) is 0 Å². The Bertz CT molecular complexity index is 1720. The lowest BCUT2D eigenvalue weighted by molar-refractivity contribution is -0.138. The van der Waals surface area contributed by atoms with Crippen molar-refractivity contribution in [3.05, 3.63) is 59.0 Å². The molecule has 0 radical (unpaired) electrons. The summed E-state index contributed by atoms with van der Waals surface area (Å²) in [6, 6.07) is 9.09. The van der Waals surface area contributed by atoms with Crippen LogP contribution in [0.5, 0.6) is 0 Å². The number of nitrogens with zero attached hydrogens (tertiary/aromatic N) is 4. The number of aliphatic hydroxyl groups excluding tert-OH is 1. The van der Waals surface area contributed by atoms with Crippen LogP contribution in [-0.2, 0) is 16.1 Å². The van der Waals surface area contributed by atoms with Crippen LogP contribution in [0.3, 0.4) is 0 Å². The summed E-state index contributed by atoms with van der Waals surface area (Å²) < 4.78 is 24.5. The summed E-state index contributed by atoms with van der Waals surface area (Å²) >= 11 is 0. The van der Waals surface area contributed by atoms with E-state index in [1.807, 2.05) is 17.9 Å². The molecular formula is C35H41FN4O4. The summed E-state index contributed by atoms with van der Waals surface area (Å²) in [6.45, 7) is 6.33. The molecule has 0 atom stereocenters. The standard InChI is InChI=1S/C35H41FN4O4/c1-3-44-35(43)25-8-11-30-21(2)32(37-40(30)20-25)31-17-26-16-27(36)18-29(33(26)39(31)19-22-4-5-22)23-12-14-38(15-13-23)34(42)24-6-9-28(41)10-7-24/h8,11,16-18,20,22-24,28,41H,3-7,9-10,12-15,19H2,1-2H3/t24-,28-. The highest BCUT2D eigenvalue weighted by molar-refractivity contribution is 5.92. The molecule has 232 valence electrons. The second kappa shape index (κ2) is 11.7. The number of pyridine rings is 1. The van der Waals surface area contributed by atoms with E-state index in [2.05, 4.69) is 10.6 Å². The normalized spacial score (nSPS) is 21.3. The van der Waals surface area contributed by atoms with Crippen molar-refractivity contribution in [2.24, 2.45) is 11.8 Å². The predicted molar refractivity (Wildman–Crippen MR) is 166 cm³/mol. The van der Waals surface area contributed by atoms with E-state index in [0.717, 1.165) is 71.2 Å². The number of likely N-dealkylation sites (tertiary alicyclic amines) is 1. The number of ether oxygens (including phenoxy) is 1. The monoisotopic (exact) mass is 600 g/mol. The predicted octanol–water partition coefficient (Wildman–Crippen LogP) is 6.25. The third kappa shape index (κ3) is 5.40. The zero-order chi connectivity index (χ0) is 30.5. The third-order valence-corrected chi connectivity index (χ3v) is 10.0. The number of piperidine rings is 1. The minimum Gasteiger partial charge on any atom is -0.462 e. The third-order valence-electron chi connectivity index (χ3n) is 10.0. The fourth-order valence-electron chi connectivity index (χ4n) is 7.41. The quantitative estimate of drug-likeness (QED) is 0.254. The number of amides is 1. The Morgan fingerprint density at radius 1 is 1.02 bits per heavy atom. The van der Waals surface area contributed by atoms with Crippen molar-refractivity contribution in [3.63, 3.8) is 0 Å². The van der Waals surface area contributed by atoms with E-state index in [9.17, 15) is 14.7 Å². The molecular weight excluding hydrogens is 559 g/mol. The number of aromatic nitrogens is 3. The summed E-state index contributed by atoms with van der Waals surface area (Å²) in [5, 5.41) is 15.7. The number of carbonyl (C=O) groups excluding carboxylic acids is 2. The zero-order valence-corrected chi connectivity index (χ0v) is 25.6. The molecule has 4 aromatic rings. The molecule has 1 amide bonds. The summed E-state index contributed by atoms with van der Waals surface area (Å²) in [5.41, 5.74) is 6.24. The van der Waals surface area contributed by atoms with Crippen LogP contribution < -0.4 is 0 Å². The number of halogens is 1. The van der Waals surface area contributed by atoms with Crippen molar-refractivity contribution in [3.8, 4) is 11.4 Å². The van der Waals surface area contributed by atoms with Crippen molar-refractivity contribution in [2.45, 2.75) is 83.8 Å². The van der Waals surface area contributed by atoms with Gasteiger partial charge in [-0.25, -0.2) is 13.7 Å². The van der Waals surface area contributed by atoms with E-state index in [4.69, 9.17) is 9.84 Å².